The Hall–Kier alpha value is -0.950. The number of amides is 2. The average molecular weight is 389 g/mol. The molecule has 2 aliphatic rings. The third-order valence-electron chi connectivity index (χ3n) is 4.47. The molecule has 1 N–H and O–H groups in total. The summed E-state index contributed by atoms with van der Waals surface area (Å²) in [7, 11) is 2.13. The van der Waals surface area contributed by atoms with Crippen molar-refractivity contribution in [3.8, 4) is 0 Å². The van der Waals surface area contributed by atoms with E-state index in [4.69, 9.17) is 23.2 Å². The van der Waals surface area contributed by atoms with Gasteiger partial charge in [-0.3, -0.25) is 9.59 Å². The van der Waals surface area contributed by atoms with Gasteiger partial charge in [0.2, 0.25) is 11.8 Å². The summed E-state index contributed by atoms with van der Waals surface area (Å²) in [4.78, 5) is 29.8. The highest BCUT2D eigenvalue weighted by Crippen LogP contribution is 2.40. The molecule has 0 saturated carbocycles. The van der Waals surface area contributed by atoms with Crippen LogP contribution in [-0.4, -0.2) is 67.1 Å². The van der Waals surface area contributed by atoms with Crippen LogP contribution >= 0.6 is 35.0 Å². The number of rotatable bonds is 3. The molecule has 130 valence electrons. The van der Waals surface area contributed by atoms with Crippen molar-refractivity contribution >= 4 is 46.8 Å². The molecule has 0 aliphatic carbocycles. The number of benzene rings is 1. The van der Waals surface area contributed by atoms with Crippen molar-refractivity contribution in [2.24, 2.45) is 0 Å². The number of carbonyl (C=O) groups is 2. The van der Waals surface area contributed by atoms with E-state index in [0.29, 0.717) is 15.8 Å². The molecular weight excluding hydrogens is 369 g/mol. The number of likely N-dealkylation sites (N-methyl/N-ethyl adjacent to an activating group) is 1. The van der Waals surface area contributed by atoms with Gasteiger partial charge in [-0.25, -0.2) is 0 Å². The number of hydrogen-bond donors (Lipinski definition) is 1. The first kappa shape index (κ1) is 17.9. The van der Waals surface area contributed by atoms with Gasteiger partial charge in [-0.2, -0.15) is 0 Å². The number of nitrogens with one attached hydrogen (secondary N) is 1. The quantitative estimate of drug-likeness (QED) is 0.837. The van der Waals surface area contributed by atoms with Crippen LogP contribution in [0.2, 0.25) is 10.0 Å². The molecule has 1 aromatic rings. The number of piperazine rings is 1. The molecule has 5 nitrogen and oxygen atoms in total. The van der Waals surface area contributed by atoms with Crippen molar-refractivity contribution in [3.63, 3.8) is 0 Å². The van der Waals surface area contributed by atoms with Gasteiger partial charge in [0.05, 0.1) is 49.0 Å². The molecule has 0 spiro atoms. The standard InChI is InChI=1S/C16H19Cl2N3O2S/c1-19-4-6-20(7-5-19)14(22)9-21-15(23)10-24-16(21)11-2-3-12(17)13(18)8-11/h2-3,8,16H,4-7,9-10H2,1H3/p+1/t16-/m0/s1. The van der Waals surface area contributed by atoms with Crippen molar-refractivity contribution in [1.29, 1.82) is 0 Å². The Labute approximate surface area is 155 Å². The predicted octanol–water partition coefficient (Wildman–Crippen LogP) is 0.924. The molecule has 0 aromatic heterocycles. The SMILES string of the molecule is C[NH+]1CCN(C(=O)CN2C(=O)CS[C@H]2c2ccc(Cl)c(Cl)c2)CC1. The molecule has 2 fully saturated rings. The first-order valence-electron chi connectivity index (χ1n) is 7.91. The Kier molecular flexibility index (Phi) is 5.59. The molecule has 2 heterocycles. The molecule has 2 aliphatic heterocycles. The number of nitrogens with zero attached hydrogens (tertiary/aromatic N) is 2. The Morgan fingerprint density at radius 3 is 2.67 bits per heavy atom. The van der Waals surface area contributed by atoms with Crippen LogP contribution in [0.5, 0.6) is 0 Å². The van der Waals surface area contributed by atoms with Crippen LogP contribution in [0.15, 0.2) is 18.2 Å². The molecule has 0 bridgehead atoms. The molecule has 24 heavy (non-hydrogen) atoms. The van der Waals surface area contributed by atoms with Crippen LogP contribution in [0.1, 0.15) is 10.9 Å². The minimum Gasteiger partial charge on any atom is -0.334 e. The van der Waals surface area contributed by atoms with Gasteiger partial charge < -0.3 is 14.7 Å². The van der Waals surface area contributed by atoms with Gasteiger partial charge in [-0.15, -0.1) is 11.8 Å². The number of carbonyl (C=O) groups excluding carboxylic acids is 2. The second-order valence-corrected chi connectivity index (χ2v) is 8.08. The van der Waals surface area contributed by atoms with E-state index in [0.717, 1.165) is 31.7 Å². The van der Waals surface area contributed by atoms with Crippen LogP contribution in [0, 0.1) is 0 Å². The maximum absolute atomic E-state index is 12.6. The minimum absolute atomic E-state index is 0.0100. The van der Waals surface area contributed by atoms with E-state index < -0.39 is 0 Å². The predicted molar refractivity (Wildman–Crippen MR) is 96.6 cm³/mol. The Bertz CT molecular complexity index is 650. The van der Waals surface area contributed by atoms with Crippen molar-refractivity contribution in [1.82, 2.24) is 9.80 Å². The molecule has 0 unspecified atom stereocenters. The first-order valence-corrected chi connectivity index (χ1v) is 9.71. The molecule has 1 atom stereocenters. The number of thioether (sulfide) groups is 1. The summed E-state index contributed by atoms with van der Waals surface area (Å²) in [6.07, 6.45) is 0. The number of hydrogen-bond acceptors (Lipinski definition) is 3. The highest BCUT2D eigenvalue weighted by Gasteiger charge is 2.35. The monoisotopic (exact) mass is 388 g/mol. The van der Waals surface area contributed by atoms with Crippen LogP contribution < -0.4 is 4.90 Å². The molecule has 1 aromatic carbocycles. The lowest BCUT2D eigenvalue weighted by molar-refractivity contribution is -0.883. The van der Waals surface area contributed by atoms with E-state index in [9.17, 15) is 9.59 Å². The van der Waals surface area contributed by atoms with Gasteiger partial charge in [-0.1, -0.05) is 29.3 Å². The number of quaternary nitrogens is 1. The zero-order valence-corrected chi connectivity index (χ0v) is 15.8. The number of halogens is 2. The van der Waals surface area contributed by atoms with E-state index in [-0.39, 0.29) is 23.7 Å². The maximum atomic E-state index is 12.6. The lowest BCUT2D eigenvalue weighted by atomic mass is 10.2. The third-order valence-corrected chi connectivity index (χ3v) is 6.47. The second-order valence-electron chi connectivity index (χ2n) is 6.20. The summed E-state index contributed by atoms with van der Waals surface area (Å²) in [5.41, 5.74) is 0.899. The smallest absolute Gasteiger partial charge is 0.242 e. The summed E-state index contributed by atoms with van der Waals surface area (Å²) < 4.78 is 0. The van der Waals surface area contributed by atoms with Gasteiger partial charge in [-0.05, 0) is 17.7 Å². The van der Waals surface area contributed by atoms with E-state index in [1.807, 2.05) is 11.0 Å². The van der Waals surface area contributed by atoms with Crippen LogP contribution in [0.25, 0.3) is 0 Å². The van der Waals surface area contributed by atoms with E-state index in [2.05, 4.69) is 7.05 Å². The molecule has 8 heteroatoms. The first-order chi connectivity index (χ1) is 11.5. The van der Waals surface area contributed by atoms with Crippen LogP contribution in [0.4, 0.5) is 0 Å². The lowest BCUT2D eigenvalue weighted by Gasteiger charge is -2.32. The van der Waals surface area contributed by atoms with Gasteiger partial charge in [0, 0.05) is 0 Å². The second kappa shape index (κ2) is 7.52. The Morgan fingerprint density at radius 1 is 1.29 bits per heavy atom. The Morgan fingerprint density at radius 2 is 2.00 bits per heavy atom. The summed E-state index contributed by atoms with van der Waals surface area (Å²) in [6.45, 7) is 3.51. The van der Waals surface area contributed by atoms with Crippen LogP contribution in [0.3, 0.4) is 0 Å². The van der Waals surface area contributed by atoms with Crippen molar-refractivity contribution < 1.29 is 14.5 Å². The summed E-state index contributed by atoms with van der Waals surface area (Å²) in [5.74, 6) is 0.387. The van der Waals surface area contributed by atoms with Crippen molar-refractivity contribution in [3.05, 3.63) is 33.8 Å². The minimum atomic E-state index is -0.186. The topological polar surface area (TPSA) is 45.1 Å². The normalized spacial score (nSPS) is 22.3. The van der Waals surface area contributed by atoms with Crippen molar-refractivity contribution in [2.45, 2.75) is 5.37 Å². The largest absolute Gasteiger partial charge is 0.334 e. The van der Waals surface area contributed by atoms with Gasteiger partial charge in [0.1, 0.15) is 11.9 Å². The Balaban J connectivity index is 1.71. The fourth-order valence-corrected chi connectivity index (χ4v) is 4.43. The summed E-state index contributed by atoms with van der Waals surface area (Å²) in [5, 5.41) is 0.758. The third kappa shape index (κ3) is 3.82. The van der Waals surface area contributed by atoms with Gasteiger partial charge in [0.15, 0.2) is 0 Å². The van der Waals surface area contributed by atoms with E-state index in [1.165, 1.54) is 16.7 Å². The van der Waals surface area contributed by atoms with Gasteiger partial charge in [0.25, 0.3) is 0 Å². The van der Waals surface area contributed by atoms with Crippen LogP contribution in [-0.2, 0) is 9.59 Å². The van der Waals surface area contributed by atoms with E-state index >= 15 is 0 Å². The zero-order chi connectivity index (χ0) is 17.3. The lowest BCUT2D eigenvalue weighted by Crippen LogP contribution is -3.12. The van der Waals surface area contributed by atoms with E-state index in [1.54, 1.807) is 17.0 Å². The molecule has 0 radical (unpaired) electrons. The fraction of sp³-hybridized carbons (Fsp3) is 0.500. The maximum Gasteiger partial charge on any atom is 0.242 e. The molecule has 2 amide bonds. The molecule has 2 saturated heterocycles. The summed E-state index contributed by atoms with van der Waals surface area (Å²) >= 11 is 13.6. The zero-order valence-electron chi connectivity index (χ0n) is 13.4. The molecular formula is C16H20Cl2N3O2S+. The summed E-state index contributed by atoms with van der Waals surface area (Å²) in [6, 6.07) is 5.36. The highest BCUT2D eigenvalue weighted by atomic mass is 35.5. The van der Waals surface area contributed by atoms with Crippen molar-refractivity contribution in [2.75, 3.05) is 45.5 Å². The highest BCUT2D eigenvalue weighted by molar-refractivity contribution is 8.00. The average Bonchev–Trinajstić information content (AvgIpc) is 2.92. The van der Waals surface area contributed by atoms with Gasteiger partial charge >= 0.3 is 0 Å². The fourth-order valence-electron chi connectivity index (χ4n) is 2.95. The molecule has 3 rings (SSSR count).